The molecule has 2 heterocycles. The lowest BCUT2D eigenvalue weighted by atomic mass is 10.2. The Morgan fingerprint density at radius 2 is 2.27 bits per heavy atom. The van der Waals surface area contributed by atoms with Gasteiger partial charge in [-0.2, -0.15) is 5.10 Å². The topological polar surface area (TPSA) is 46.5 Å². The molecule has 0 aliphatic rings. The number of hydrogen-bond acceptors (Lipinski definition) is 3. The summed E-state index contributed by atoms with van der Waals surface area (Å²) < 4.78 is 2.38. The van der Waals surface area contributed by atoms with Gasteiger partial charge in [-0.25, -0.2) is 4.98 Å². The molecular formula is C10H12N4S. The third kappa shape index (κ3) is 1.97. The molecule has 1 N–H and O–H groups in total. The Morgan fingerprint density at radius 1 is 1.47 bits per heavy atom. The maximum atomic E-state index is 5.00. The molecule has 0 saturated carbocycles. The van der Waals surface area contributed by atoms with Gasteiger partial charge < -0.3 is 4.98 Å². The van der Waals surface area contributed by atoms with Crippen LogP contribution in [0.25, 0.3) is 11.3 Å². The molecule has 78 valence electrons. The summed E-state index contributed by atoms with van der Waals surface area (Å²) >= 11 is 5.00. The van der Waals surface area contributed by atoms with Crippen LogP contribution in [0.3, 0.4) is 0 Å². The van der Waals surface area contributed by atoms with Crippen molar-refractivity contribution in [2.75, 3.05) is 0 Å². The Morgan fingerprint density at radius 3 is 2.93 bits per heavy atom. The highest BCUT2D eigenvalue weighted by Gasteiger charge is 2.04. The van der Waals surface area contributed by atoms with E-state index in [1.54, 1.807) is 6.20 Å². The van der Waals surface area contributed by atoms with Crippen LogP contribution in [0.5, 0.6) is 0 Å². The number of H-pyrrole nitrogens is 1. The summed E-state index contributed by atoms with van der Waals surface area (Å²) in [6, 6.07) is 0. The number of hydrogen-bond donors (Lipinski definition) is 1. The zero-order valence-corrected chi connectivity index (χ0v) is 9.51. The van der Waals surface area contributed by atoms with Crippen LogP contribution < -0.4 is 0 Å². The highest BCUT2D eigenvalue weighted by Crippen LogP contribution is 2.18. The summed E-state index contributed by atoms with van der Waals surface area (Å²) in [6.07, 6.45) is 5.60. The highest BCUT2D eigenvalue weighted by atomic mass is 32.1. The fourth-order valence-electron chi connectivity index (χ4n) is 1.42. The van der Waals surface area contributed by atoms with E-state index in [9.17, 15) is 0 Å². The number of nitrogens with zero attached hydrogens (tertiary/aromatic N) is 3. The molecule has 0 atom stereocenters. The zero-order chi connectivity index (χ0) is 10.8. The van der Waals surface area contributed by atoms with Crippen molar-refractivity contribution in [3.8, 4) is 11.3 Å². The Bertz CT molecular complexity index is 526. The van der Waals surface area contributed by atoms with E-state index in [4.69, 9.17) is 12.2 Å². The molecule has 0 aliphatic carbocycles. The molecule has 15 heavy (non-hydrogen) atoms. The quantitative estimate of drug-likeness (QED) is 0.790. The van der Waals surface area contributed by atoms with Gasteiger partial charge in [-0.1, -0.05) is 0 Å². The standard InChI is InChI=1S/C10H12N4S/c1-3-14-6-8(5-12-14)9-7(2)4-11-10(15)13-9/h4-6H,3H2,1-2H3,(H,11,13,15). The second-order valence-corrected chi connectivity index (χ2v) is 3.72. The van der Waals surface area contributed by atoms with Crippen molar-refractivity contribution in [2.45, 2.75) is 20.4 Å². The number of rotatable bonds is 2. The lowest BCUT2D eigenvalue weighted by molar-refractivity contribution is 0.660. The maximum Gasteiger partial charge on any atom is 0.197 e. The van der Waals surface area contributed by atoms with E-state index >= 15 is 0 Å². The second-order valence-electron chi connectivity index (χ2n) is 3.33. The summed E-state index contributed by atoms with van der Waals surface area (Å²) in [6.45, 7) is 4.92. The summed E-state index contributed by atoms with van der Waals surface area (Å²) in [7, 11) is 0. The van der Waals surface area contributed by atoms with Gasteiger partial charge in [0.1, 0.15) is 0 Å². The molecular weight excluding hydrogens is 208 g/mol. The molecule has 5 heteroatoms. The van der Waals surface area contributed by atoms with Crippen LogP contribution in [0.4, 0.5) is 0 Å². The predicted molar refractivity (Wildman–Crippen MR) is 61.1 cm³/mol. The highest BCUT2D eigenvalue weighted by molar-refractivity contribution is 7.71. The van der Waals surface area contributed by atoms with Gasteiger partial charge in [-0.3, -0.25) is 4.68 Å². The van der Waals surface area contributed by atoms with Gasteiger partial charge in [0.05, 0.1) is 11.9 Å². The first-order valence-corrected chi connectivity index (χ1v) is 5.20. The normalized spacial score (nSPS) is 10.5. The van der Waals surface area contributed by atoms with Crippen molar-refractivity contribution >= 4 is 12.2 Å². The molecule has 0 aromatic carbocycles. The van der Waals surface area contributed by atoms with E-state index in [0.717, 1.165) is 23.4 Å². The largest absolute Gasteiger partial charge is 0.330 e. The van der Waals surface area contributed by atoms with Crippen LogP contribution >= 0.6 is 12.2 Å². The summed E-state index contributed by atoms with van der Waals surface area (Å²) in [5.41, 5.74) is 3.11. The van der Waals surface area contributed by atoms with Crippen molar-refractivity contribution in [3.05, 3.63) is 28.9 Å². The van der Waals surface area contributed by atoms with Crippen molar-refractivity contribution in [1.29, 1.82) is 0 Å². The van der Waals surface area contributed by atoms with Gasteiger partial charge >= 0.3 is 0 Å². The fourth-order valence-corrected chi connectivity index (χ4v) is 1.58. The minimum Gasteiger partial charge on any atom is -0.330 e. The van der Waals surface area contributed by atoms with Crippen LogP contribution in [-0.2, 0) is 6.54 Å². The number of aromatic amines is 1. The van der Waals surface area contributed by atoms with Gasteiger partial charge in [0.2, 0.25) is 0 Å². The molecule has 0 amide bonds. The average Bonchev–Trinajstić information content (AvgIpc) is 2.70. The first kappa shape index (κ1) is 10.0. The first-order valence-electron chi connectivity index (χ1n) is 4.79. The Kier molecular flexibility index (Phi) is 2.64. The fraction of sp³-hybridized carbons (Fsp3) is 0.300. The molecule has 0 bridgehead atoms. The van der Waals surface area contributed by atoms with E-state index in [2.05, 4.69) is 22.0 Å². The summed E-state index contributed by atoms with van der Waals surface area (Å²) in [4.78, 5) is 7.10. The molecule has 0 fully saturated rings. The molecule has 0 spiro atoms. The molecule has 2 aromatic rings. The van der Waals surface area contributed by atoms with E-state index in [0.29, 0.717) is 4.77 Å². The van der Waals surface area contributed by atoms with Gasteiger partial charge in [0.15, 0.2) is 4.77 Å². The molecule has 0 aliphatic heterocycles. The Hall–Kier alpha value is -1.49. The van der Waals surface area contributed by atoms with Crippen LogP contribution in [0, 0.1) is 11.7 Å². The van der Waals surface area contributed by atoms with Gasteiger partial charge in [0, 0.05) is 24.5 Å². The SMILES string of the molecule is CCn1cc(-c2[nH]c(=S)ncc2C)cn1. The molecule has 0 saturated heterocycles. The molecule has 4 nitrogen and oxygen atoms in total. The Labute approximate surface area is 93.0 Å². The molecule has 2 rings (SSSR count). The van der Waals surface area contributed by atoms with Crippen molar-refractivity contribution in [2.24, 2.45) is 0 Å². The van der Waals surface area contributed by atoms with Crippen molar-refractivity contribution < 1.29 is 0 Å². The number of nitrogens with one attached hydrogen (secondary N) is 1. The van der Waals surface area contributed by atoms with E-state index in [1.165, 1.54) is 0 Å². The minimum absolute atomic E-state index is 0.500. The average molecular weight is 220 g/mol. The minimum atomic E-state index is 0.500. The van der Waals surface area contributed by atoms with Crippen LogP contribution in [0.15, 0.2) is 18.6 Å². The number of aromatic nitrogens is 4. The smallest absolute Gasteiger partial charge is 0.197 e. The molecule has 0 radical (unpaired) electrons. The molecule has 0 unspecified atom stereocenters. The monoisotopic (exact) mass is 220 g/mol. The molecule has 2 aromatic heterocycles. The third-order valence-electron chi connectivity index (χ3n) is 2.25. The van der Waals surface area contributed by atoms with E-state index in [1.807, 2.05) is 24.0 Å². The van der Waals surface area contributed by atoms with E-state index < -0.39 is 0 Å². The van der Waals surface area contributed by atoms with Gasteiger partial charge in [0.25, 0.3) is 0 Å². The lowest BCUT2D eigenvalue weighted by Crippen LogP contribution is -1.93. The second kappa shape index (κ2) is 3.94. The van der Waals surface area contributed by atoms with Crippen molar-refractivity contribution in [1.82, 2.24) is 19.7 Å². The van der Waals surface area contributed by atoms with Gasteiger partial charge in [-0.05, 0) is 31.6 Å². The number of aryl methyl sites for hydroxylation is 2. The van der Waals surface area contributed by atoms with Crippen LogP contribution in [0.2, 0.25) is 0 Å². The van der Waals surface area contributed by atoms with Crippen molar-refractivity contribution in [3.63, 3.8) is 0 Å². The maximum absolute atomic E-state index is 5.00. The van der Waals surface area contributed by atoms with Crippen LogP contribution in [0.1, 0.15) is 12.5 Å². The van der Waals surface area contributed by atoms with E-state index in [-0.39, 0.29) is 0 Å². The summed E-state index contributed by atoms with van der Waals surface area (Å²) in [5.74, 6) is 0. The predicted octanol–water partition coefficient (Wildman–Crippen LogP) is 2.33. The lowest BCUT2D eigenvalue weighted by Gasteiger charge is -2.01. The first-order chi connectivity index (χ1) is 7.20. The third-order valence-corrected chi connectivity index (χ3v) is 2.46. The Balaban J connectivity index is 2.53. The van der Waals surface area contributed by atoms with Crippen LogP contribution in [-0.4, -0.2) is 19.7 Å². The summed E-state index contributed by atoms with van der Waals surface area (Å²) in [5, 5.41) is 4.22. The van der Waals surface area contributed by atoms with Gasteiger partial charge in [-0.15, -0.1) is 0 Å². The zero-order valence-electron chi connectivity index (χ0n) is 8.69.